The highest BCUT2D eigenvalue weighted by Gasteiger charge is 2.77. The van der Waals surface area contributed by atoms with Gasteiger partial charge < -0.3 is 9.84 Å². The number of phenols is 1. The van der Waals surface area contributed by atoms with Crippen LogP contribution in [-0.2, 0) is 25.7 Å². The monoisotopic (exact) mass is 837 g/mol. The molecule has 5 aliphatic rings. The van der Waals surface area contributed by atoms with Gasteiger partial charge in [0.15, 0.2) is 44.5 Å². The van der Waals surface area contributed by atoms with E-state index < -0.39 is 110 Å². The van der Waals surface area contributed by atoms with Crippen LogP contribution in [0.1, 0.15) is 42.7 Å². The molecular weight excluding hydrogens is 808 g/mol. The molecule has 9 nitrogen and oxygen atoms in total. The summed E-state index contributed by atoms with van der Waals surface area (Å²) in [5.74, 6) is -21.9. The maximum Gasteiger partial charge on any atom is 0.258 e. The first-order chi connectivity index (χ1) is 26.6. The summed E-state index contributed by atoms with van der Waals surface area (Å²) in [7, 11) is 1.20. The quantitative estimate of drug-likeness (QED) is 0.0714. The van der Waals surface area contributed by atoms with Crippen LogP contribution >= 0.6 is 34.8 Å². The van der Waals surface area contributed by atoms with Crippen molar-refractivity contribution in [3.63, 3.8) is 0 Å². The van der Waals surface area contributed by atoms with Crippen molar-refractivity contribution in [2.24, 2.45) is 17.8 Å². The number of amides is 4. The molecule has 3 saturated heterocycles. The normalized spacial score (nSPS) is 29.4. The van der Waals surface area contributed by atoms with Gasteiger partial charge in [0.05, 0.1) is 24.0 Å². The molecular formula is C39H31Cl3F5N3O6. The van der Waals surface area contributed by atoms with Crippen LogP contribution in [-0.4, -0.2) is 74.5 Å². The summed E-state index contributed by atoms with van der Waals surface area (Å²) in [5.41, 5.74) is -0.508. The highest BCUT2D eigenvalue weighted by molar-refractivity contribution is 6.58. The van der Waals surface area contributed by atoms with Crippen molar-refractivity contribution in [2.45, 2.75) is 53.9 Å². The van der Waals surface area contributed by atoms with Crippen LogP contribution in [0.3, 0.4) is 0 Å². The zero-order valence-electron chi connectivity index (χ0n) is 29.3. The highest BCUT2D eigenvalue weighted by atomic mass is 35.5. The Bertz CT molecular complexity index is 2230. The molecule has 3 aliphatic heterocycles. The molecule has 3 aromatic rings. The van der Waals surface area contributed by atoms with E-state index in [-0.39, 0.29) is 33.2 Å². The maximum atomic E-state index is 15.3. The van der Waals surface area contributed by atoms with E-state index in [9.17, 15) is 37.5 Å². The minimum atomic E-state index is -2.75. The van der Waals surface area contributed by atoms with E-state index in [0.717, 1.165) is 5.56 Å². The number of rotatable bonds is 6. The number of hydrogen-bond donors (Lipinski definition) is 1. The van der Waals surface area contributed by atoms with Crippen molar-refractivity contribution < 1.29 is 51.0 Å². The lowest BCUT2D eigenvalue weighted by molar-refractivity contribution is -0.144. The Kier molecular flexibility index (Phi) is 9.45. The molecule has 2 aliphatic carbocycles. The van der Waals surface area contributed by atoms with Gasteiger partial charge in [-0.15, -0.1) is 23.2 Å². The molecule has 1 saturated carbocycles. The van der Waals surface area contributed by atoms with E-state index in [0.29, 0.717) is 32.5 Å². The van der Waals surface area contributed by atoms with Crippen LogP contribution in [0.4, 0.5) is 27.6 Å². The van der Waals surface area contributed by atoms with E-state index in [1.54, 1.807) is 6.08 Å². The Hall–Kier alpha value is -4.24. The third-order valence-electron chi connectivity index (χ3n) is 12.0. The summed E-state index contributed by atoms with van der Waals surface area (Å²) >= 11 is 20.8. The van der Waals surface area contributed by atoms with Gasteiger partial charge in [-0.3, -0.25) is 29.0 Å². The van der Waals surface area contributed by atoms with Gasteiger partial charge in [-0.25, -0.2) is 26.9 Å². The van der Waals surface area contributed by atoms with Gasteiger partial charge in [-0.05, 0) is 54.9 Å². The standard InChI is InChI=1S/C39H31Cl3F5N3O6/c1-56-24-14-18(13-23(40)33(24)51)26-20-7-8-21-25(35(53)49(34(21)52)19-9-11-48(12-10-19)16-17-5-3-2-4-6-17)22(20)15-38(41)36(54)50(37(55)39(26,38)42)32-30(46)28(44)27(43)29(45)31(32)47/h2-7,13-14,19,21-22,25-26,51H,8-12,15-16H2,1H3/t21-,22+,25-,26-,38+,39-/m0/s1. The third kappa shape index (κ3) is 5.35. The molecule has 0 aromatic heterocycles. The molecule has 294 valence electrons. The summed E-state index contributed by atoms with van der Waals surface area (Å²) in [6.07, 6.45) is 1.95. The number of halogens is 8. The molecule has 56 heavy (non-hydrogen) atoms. The van der Waals surface area contributed by atoms with Crippen molar-refractivity contribution in [2.75, 3.05) is 25.1 Å². The smallest absolute Gasteiger partial charge is 0.258 e. The number of phenolic OH excluding ortho intramolecular Hbond substituents is 1. The van der Waals surface area contributed by atoms with Crippen molar-refractivity contribution >= 4 is 64.1 Å². The number of carbonyl (C=O) groups is 4. The molecule has 8 rings (SSSR count). The number of aromatic hydroxyl groups is 1. The van der Waals surface area contributed by atoms with E-state index in [1.807, 2.05) is 30.3 Å². The lowest BCUT2D eigenvalue weighted by atomic mass is 9.56. The molecule has 17 heteroatoms. The summed E-state index contributed by atoms with van der Waals surface area (Å²) < 4.78 is 79.2. The Morgan fingerprint density at radius 1 is 0.857 bits per heavy atom. The van der Waals surface area contributed by atoms with Gasteiger partial charge in [0, 0.05) is 31.6 Å². The number of piperidine rings is 1. The van der Waals surface area contributed by atoms with Crippen molar-refractivity contribution in [3.8, 4) is 11.5 Å². The second-order valence-electron chi connectivity index (χ2n) is 14.8. The van der Waals surface area contributed by atoms with Crippen LogP contribution in [0, 0.1) is 46.8 Å². The van der Waals surface area contributed by atoms with Crippen LogP contribution in [0.5, 0.6) is 11.5 Å². The van der Waals surface area contributed by atoms with Crippen molar-refractivity contribution in [1.29, 1.82) is 0 Å². The molecule has 0 unspecified atom stereocenters. The first kappa shape index (κ1) is 38.6. The number of ether oxygens (including phenoxy) is 1. The number of allylic oxidation sites excluding steroid dienone is 2. The molecule has 0 spiro atoms. The molecule has 0 bridgehead atoms. The first-order valence-electron chi connectivity index (χ1n) is 17.7. The Labute approximate surface area is 331 Å². The summed E-state index contributed by atoms with van der Waals surface area (Å²) in [5, 5.41) is 10.3. The van der Waals surface area contributed by atoms with E-state index in [4.69, 9.17) is 39.5 Å². The van der Waals surface area contributed by atoms with E-state index >= 15 is 8.78 Å². The molecule has 1 N–H and O–H groups in total. The van der Waals surface area contributed by atoms with Crippen LogP contribution < -0.4 is 9.64 Å². The second-order valence-corrected chi connectivity index (χ2v) is 16.4. The number of methoxy groups -OCH3 is 1. The van der Waals surface area contributed by atoms with Gasteiger partial charge >= 0.3 is 0 Å². The predicted molar refractivity (Wildman–Crippen MR) is 193 cm³/mol. The number of alkyl halides is 2. The molecule has 4 fully saturated rings. The van der Waals surface area contributed by atoms with Crippen LogP contribution in [0.15, 0.2) is 54.1 Å². The number of benzene rings is 3. The number of hydrogen-bond acceptors (Lipinski definition) is 7. The van der Waals surface area contributed by atoms with Gasteiger partial charge in [-0.2, -0.15) is 0 Å². The number of nitrogens with zero attached hydrogens (tertiary/aromatic N) is 3. The minimum Gasteiger partial charge on any atom is -0.503 e. The first-order valence-corrected chi connectivity index (χ1v) is 18.9. The third-order valence-corrected chi connectivity index (χ3v) is 13.7. The highest BCUT2D eigenvalue weighted by Crippen LogP contribution is 2.66. The lowest BCUT2D eigenvalue weighted by Crippen LogP contribution is -2.60. The zero-order chi connectivity index (χ0) is 40.2. The van der Waals surface area contributed by atoms with Gasteiger partial charge in [0.25, 0.3) is 11.8 Å². The molecule has 6 atom stereocenters. The van der Waals surface area contributed by atoms with E-state index in [1.165, 1.54) is 24.1 Å². The fourth-order valence-corrected chi connectivity index (χ4v) is 10.6. The second kappa shape index (κ2) is 13.7. The molecule has 4 amide bonds. The predicted octanol–water partition coefficient (Wildman–Crippen LogP) is 6.98. The van der Waals surface area contributed by atoms with Crippen LogP contribution in [0.25, 0.3) is 0 Å². The topological polar surface area (TPSA) is 107 Å². The number of anilines is 1. The van der Waals surface area contributed by atoms with Gasteiger partial charge in [0.1, 0.15) is 5.69 Å². The Morgan fingerprint density at radius 2 is 1.48 bits per heavy atom. The average Bonchev–Trinajstić information content (AvgIpc) is 3.52. The fraction of sp³-hybridized carbons (Fsp3) is 0.385. The number of likely N-dealkylation sites (tertiary alicyclic amines) is 2. The molecule has 3 heterocycles. The number of carbonyl (C=O) groups excluding carboxylic acids is 4. The number of imide groups is 2. The zero-order valence-corrected chi connectivity index (χ0v) is 31.6. The fourth-order valence-electron chi connectivity index (χ4n) is 9.42. The summed E-state index contributed by atoms with van der Waals surface area (Å²) in [6.45, 7) is 1.90. The van der Waals surface area contributed by atoms with Crippen LogP contribution in [0.2, 0.25) is 5.02 Å². The minimum absolute atomic E-state index is 0.00102. The molecule has 3 aromatic carbocycles. The summed E-state index contributed by atoms with van der Waals surface area (Å²) in [4.78, 5) is 55.5. The largest absolute Gasteiger partial charge is 0.503 e. The Balaban J connectivity index is 1.21. The van der Waals surface area contributed by atoms with Crippen molar-refractivity contribution in [1.82, 2.24) is 9.80 Å². The lowest BCUT2D eigenvalue weighted by Gasteiger charge is -2.50. The van der Waals surface area contributed by atoms with Gasteiger partial charge in [-0.1, -0.05) is 53.6 Å². The average molecular weight is 839 g/mol. The van der Waals surface area contributed by atoms with Gasteiger partial charge in [0.2, 0.25) is 17.6 Å². The van der Waals surface area contributed by atoms with Crippen molar-refractivity contribution in [3.05, 3.63) is 99.3 Å². The summed E-state index contributed by atoms with van der Waals surface area (Å²) in [6, 6.07) is 11.8. The SMILES string of the molecule is COc1cc([C@H]2C3=CC[C@@H]4C(=O)N(C5CCN(Cc6ccccc6)CC5)C(=O)[C@@H]4[C@@H]3C[C@@]3(Cl)C(=O)N(c4c(F)c(F)c(F)c(F)c4F)C(=O)[C@@]23Cl)cc(Cl)c1O. The Morgan fingerprint density at radius 3 is 2.11 bits per heavy atom. The number of fused-ring (bicyclic) bond motifs is 4. The molecule has 0 radical (unpaired) electrons. The van der Waals surface area contributed by atoms with E-state index in [2.05, 4.69) is 4.90 Å². The maximum absolute atomic E-state index is 15.3.